The fourth-order valence-electron chi connectivity index (χ4n) is 1.40. The van der Waals surface area contributed by atoms with Crippen LogP contribution in [-0.4, -0.2) is 26.1 Å². The molecule has 2 rings (SSSR count). The number of halogens is 1. The third kappa shape index (κ3) is 1.82. The summed E-state index contributed by atoms with van der Waals surface area (Å²) in [7, 11) is 0. The summed E-state index contributed by atoms with van der Waals surface area (Å²) >= 11 is 3.26. The van der Waals surface area contributed by atoms with Gasteiger partial charge in [0.25, 0.3) is 0 Å². The number of benzene rings is 1. The van der Waals surface area contributed by atoms with Gasteiger partial charge in [-0.1, -0.05) is 5.21 Å². The molecule has 0 amide bonds. The topological polar surface area (TPSA) is 77.0 Å². The van der Waals surface area contributed by atoms with Crippen LogP contribution < -0.4 is 5.73 Å². The van der Waals surface area contributed by atoms with Crippen molar-refractivity contribution in [1.82, 2.24) is 15.0 Å². The number of phenolic OH excluding ortho intramolecular Hbond substituents is 1. The lowest BCUT2D eigenvalue weighted by Gasteiger charge is -2.05. The van der Waals surface area contributed by atoms with E-state index in [1.165, 1.54) is 0 Å². The Morgan fingerprint density at radius 1 is 1.60 bits per heavy atom. The number of aromatic hydroxyl groups is 1. The van der Waals surface area contributed by atoms with E-state index >= 15 is 0 Å². The van der Waals surface area contributed by atoms with E-state index in [9.17, 15) is 5.11 Å². The van der Waals surface area contributed by atoms with Crippen LogP contribution >= 0.6 is 15.9 Å². The second-order valence-electron chi connectivity index (χ2n) is 3.52. The lowest BCUT2D eigenvalue weighted by Crippen LogP contribution is -2.22. The Morgan fingerprint density at radius 3 is 3.00 bits per heavy atom. The Kier molecular flexibility index (Phi) is 2.62. The standard InChI is InChI=1S/C9H11BrN4O/c1-5(11)4-14-6-2-3-7(15)8(10)9(6)12-13-14/h2-3,5,15H,4,11H2,1H3. The van der Waals surface area contributed by atoms with E-state index in [2.05, 4.69) is 26.2 Å². The van der Waals surface area contributed by atoms with Crippen LogP contribution in [0.15, 0.2) is 16.6 Å². The molecule has 1 atom stereocenters. The summed E-state index contributed by atoms with van der Waals surface area (Å²) in [5.41, 5.74) is 7.20. The molecule has 0 aliphatic heterocycles. The fraction of sp³-hybridized carbons (Fsp3) is 0.333. The zero-order chi connectivity index (χ0) is 11.0. The van der Waals surface area contributed by atoms with Gasteiger partial charge in [0, 0.05) is 6.04 Å². The van der Waals surface area contributed by atoms with Crippen molar-refractivity contribution in [2.45, 2.75) is 19.5 Å². The Labute approximate surface area is 95.0 Å². The molecule has 0 radical (unpaired) electrons. The monoisotopic (exact) mass is 270 g/mol. The second-order valence-corrected chi connectivity index (χ2v) is 4.31. The molecule has 15 heavy (non-hydrogen) atoms. The van der Waals surface area contributed by atoms with Gasteiger partial charge in [-0.3, -0.25) is 0 Å². The van der Waals surface area contributed by atoms with Crippen molar-refractivity contribution in [1.29, 1.82) is 0 Å². The molecule has 1 heterocycles. The van der Waals surface area contributed by atoms with Crippen LogP contribution in [0, 0.1) is 0 Å². The SMILES string of the molecule is CC(N)Cn1nnc2c(Br)c(O)ccc21. The van der Waals surface area contributed by atoms with Gasteiger partial charge >= 0.3 is 0 Å². The highest BCUT2D eigenvalue weighted by molar-refractivity contribution is 9.10. The molecule has 3 N–H and O–H groups in total. The van der Waals surface area contributed by atoms with Crippen LogP contribution in [0.25, 0.3) is 11.0 Å². The number of aromatic nitrogens is 3. The molecule has 1 aromatic heterocycles. The zero-order valence-corrected chi connectivity index (χ0v) is 9.77. The molecule has 0 saturated heterocycles. The Hall–Kier alpha value is -1.14. The first-order valence-corrected chi connectivity index (χ1v) is 5.35. The van der Waals surface area contributed by atoms with Gasteiger partial charge in [-0.25, -0.2) is 4.68 Å². The van der Waals surface area contributed by atoms with Crippen molar-refractivity contribution < 1.29 is 5.11 Å². The first kappa shape index (κ1) is 10.4. The summed E-state index contributed by atoms with van der Waals surface area (Å²) < 4.78 is 2.29. The van der Waals surface area contributed by atoms with E-state index < -0.39 is 0 Å². The van der Waals surface area contributed by atoms with Crippen molar-refractivity contribution in [2.24, 2.45) is 5.73 Å². The molecule has 0 aliphatic rings. The minimum absolute atomic E-state index is 0.0162. The summed E-state index contributed by atoms with van der Waals surface area (Å²) in [6.07, 6.45) is 0. The van der Waals surface area contributed by atoms with Gasteiger partial charge in [0.1, 0.15) is 11.3 Å². The summed E-state index contributed by atoms with van der Waals surface area (Å²) in [6, 6.07) is 3.40. The minimum atomic E-state index is 0.0162. The average Bonchev–Trinajstić information content (AvgIpc) is 2.55. The van der Waals surface area contributed by atoms with Gasteiger partial charge in [-0.05, 0) is 35.0 Å². The third-order valence-corrected chi connectivity index (χ3v) is 2.85. The molecular formula is C9H11BrN4O. The fourth-order valence-corrected chi connectivity index (χ4v) is 1.82. The lowest BCUT2D eigenvalue weighted by molar-refractivity contribution is 0.473. The quantitative estimate of drug-likeness (QED) is 0.861. The van der Waals surface area contributed by atoms with Gasteiger partial charge in [0.2, 0.25) is 0 Å². The van der Waals surface area contributed by atoms with Crippen LogP contribution in [0.4, 0.5) is 0 Å². The van der Waals surface area contributed by atoms with E-state index in [-0.39, 0.29) is 11.8 Å². The van der Waals surface area contributed by atoms with Gasteiger partial charge in [0.05, 0.1) is 16.5 Å². The Bertz CT molecular complexity index is 494. The highest BCUT2D eigenvalue weighted by atomic mass is 79.9. The lowest BCUT2D eigenvalue weighted by atomic mass is 10.3. The van der Waals surface area contributed by atoms with Crippen molar-refractivity contribution in [2.75, 3.05) is 0 Å². The Balaban J connectivity index is 2.57. The summed E-state index contributed by atoms with van der Waals surface area (Å²) in [4.78, 5) is 0. The molecule has 0 bridgehead atoms. The summed E-state index contributed by atoms with van der Waals surface area (Å²) in [6.45, 7) is 2.51. The minimum Gasteiger partial charge on any atom is -0.507 e. The smallest absolute Gasteiger partial charge is 0.132 e. The molecule has 1 unspecified atom stereocenters. The number of phenols is 1. The maximum atomic E-state index is 9.46. The van der Waals surface area contributed by atoms with Gasteiger partial charge in [0.15, 0.2) is 0 Å². The molecule has 0 fully saturated rings. The zero-order valence-electron chi connectivity index (χ0n) is 8.18. The van der Waals surface area contributed by atoms with E-state index in [0.717, 1.165) is 5.52 Å². The highest BCUT2D eigenvalue weighted by Gasteiger charge is 2.11. The van der Waals surface area contributed by atoms with Gasteiger partial charge in [-0.2, -0.15) is 0 Å². The van der Waals surface area contributed by atoms with Crippen LogP contribution in [0.3, 0.4) is 0 Å². The average molecular weight is 271 g/mol. The normalized spacial score (nSPS) is 13.3. The van der Waals surface area contributed by atoms with Crippen LogP contribution in [0.1, 0.15) is 6.92 Å². The summed E-state index contributed by atoms with van der Waals surface area (Å²) in [5.74, 6) is 0.162. The van der Waals surface area contributed by atoms with Crippen molar-refractivity contribution in [3.63, 3.8) is 0 Å². The molecular weight excluding hydrogens is 260 g/mol. The molecule has 0 spiro atoms. The maximum absolute atomic E-state index is 9.46. The third-order valence-electron chi connectivity index (χ3n) is 2.07. The number of hydrogen-bond acceptors (Lipinski definition) is 4. The van der Waals surface area contributed by atoms with Gasteiger partial charge in [-0.15, -0.1) is 5.10 Å². The van der Waals surface area contributed by atoms with Gasteiger partial charge < -0.3 is 10.8 Å². The predicted molar refractivity (Wildman–Crippen MR) is 60.5 cm³/mol. The van der Waals surface area contributed by atoms with E-state index in [4.69, 9.17) is 5.73 Å². The molecule has 2 aromatic rings. The molecule has 5 nitrogen and oxygen atoms in total. The van der Waals surface area contributed by atoms with Crippen molar-refractivity contribution in [3.05, 3.63) is 16.6 Å². The second kappa shape index (κ2) is 3.79. The number of rotatable bonds is 2. The van der Waals surface area contributed by atoms with E-state index in [1.54, 1.807) is 16.8 Å². The number of hydrogen-bond donors (Lipinski definition) is 2. The predicted octanol–water partition coefficient (Wildman–Crippen LogP) is 1.25. The van der Waals surface area contributed by atoms with Crippen molar-refractivity contribution in [3.8, 4) is 5.75 Å². The van der Waals surface area contributed by atoms with E-state index in [0.29, 0.717) is 16.5 Å². The Morgan fingerprint density at radius 2 is 2.33 bits per heavy atom. The largest absolute Gasteiger partial charge is 0.507 e. The van der Waals surface area contributed by atoms with Crippen LogP contribution in [0.5, 0.6) is 5.75 Å². The highest BCUT2D eigenvalue weighted by Crippen LogP contribution is 2.30. The van der Waals surface area contributed by atoms with E-state index in [1.807, 2.05) is 6.92 Å². The first-order chi connectivity index (χ1) is 7.09. The number of nitrogens with two attached hydrogens (primary N) is 1. The van der Waals surface area contributed by atoms with Crippen molar-refractivity contribution >= 4 is 27.0 Å². The maximum Gasteiger partial charge on any atom is 0.132 e. The molecule has 0 saturated carbocycles. The molecule has 1 aromatic carbocycles. The summed E-state index contributed by atoms with van der Waals surface area (Å²) in [5, 5.41) is 17.4. The number of fused-ring (bicyclic) bond motifs is 1. The molecule has 0 aliphatic carbocycles. The van der Waals surface area contributed by atoms with Crippen LogP contribution in [0.2, 0.25) is 0 Å². The number of nitrogens with zero attached hydrogens (tertiary/aromatic N) is 3. The molecule has 80 valence electrons. The first-order valence-electron chi connectivity index (χ1n) is 4.56. The van der Waals surface area contributed by atoms with Crippen LogP contribution in [-0.2, 0) is 6.54 Å². The molecule has 6 heteroatoms.